The van der Waals surface area contributed by atoms with Crippen molar-refractivity contribution in [3.63, 3.8) is 0 Å². The van der Waals surface area contributed by atoms with Crippen molar-refractivity contribution < 1.29 is 9.13 Å². The maximum absolute atomic E-state index is 12.9. The molecule has 0 saturated carbocycles. The van der Waals surface area contributed by atoms with E-state index in [2.05, 4.69) is 19.9 Å². The van der Waals surface area contributed by atoms with E-state index in [0.29, 0.717) is 17.3 Å². The van der Waals surface area contributed by atoms with Crippen LogP contribution in [0.5, 0.6) is 5.88 Å². The van der Waals surface area contributed by atoms with Gasteiger partial charge >= 0.3 is 0 Å². The van der Waals surface area contributed by atoms with Gasteiger partial charge in [-0.25, -0.2) is 19.3 Å². The molecule has 3 rings (SSSR count). The molecular weight excluding hydrogens is 273 g/mol. The quantitative estimate of drug-likeness (QED) is 0.770. The third-order valence-electron chi connectivity index (χ3n) is 3.00. The van der Waals surface area contributed by atoms with Crippen molar-refractivity contribution >= 4 is 5.82 Å². The summed E-state index contributed by atoms with van der Waals surface area (Å²) in [5, 5.41) is 0. The Bertz CT molecular complexity index is 769. The summed E-state index contributed by atoms with van der Waals surface area (Å²) in [5.41, 5.74) is 7.89. The zero-order chi connectivity index (χ0) is 14.8. The molecule has 2 heterocycles. The zero-order valence-corrected chi connectivity index (χ0v) is 11.2. The Balaban J connectivity index is 2.05. The number of nitrogens with two attached hydrogens (primary N) is 1. The number of anilines is 1. The number of nitrogen functional groups attached to an aromatic ring is 1. The molecule has 7 heteroatoms. The molecule has 0 radical (unpaired) electrons. The van der Waals surface area contributed by atoms with Crippen molar-refractivity contribution in [1.82, 2.24) is 19.9 Å². The summed E-state index contributed by atoms with van der Waals surface area (Å²) in [5.74, 6) is 0.800. The Kier molecular flexibility index (Phi) is 3.23. The first kappa shape index (κ1) is 13.0. The first-order valence-electron chi connectivity index (χ1n) is 6.15. The maximum atomic E-state index is 12.9. The fraction of sp³-hybridized carbons (Fsp3) is 0.0714. The van der Waals surface area contributed by atoms with Crippen LogP contribution in [0.2, 0.25) is 0 Å². The lowest BCUT2D eigenvalue weighted by atomic mass is 10.2. The van der Waals surface area contributed by atoms with Gasteiger partial charge in [-0.2, -0.15) is 0 Å². The van der Waals surface area contributed by atoms with Gasteiger partial charge in [0.25, 0.3) is 0 Å². The number of nitrogens with zero attached hydrogens (tertiary/aromatic N) is 3. The number of hydrogen-bond donors (Lipinski definition) is 2. The van der Waals surface area contributed by atoms with Crippen LogP contribution in [0.3, 0.4) is 0 Å². The number of ether oxygens (including phenoxy) is 1. The van der Waals surface area contributed by atoms with Crippen molar-refractivity contribution in [1.29, 1.82) is 0 Å². The molecule has 0 spiro atoms. The fourth-order valence-corrected chi connectivity index (χ4v) is 1.98. The van der Waals surface area contributed by atoms with Gasteiger partial charge in [0.15, 0.2) is 0 Å². The Morgan fingerprint density at radius 1 is 1.14 bits per heavy atom. The molecule has 0 fully saturated rings. The van der Waals surface area contributed by atoms with E-state index >= 15 is 0 Å². The highest BCUT2D eigenvalue weighted by Gasteiger charge is 2.16. The summed E-state index contributed by atoms with van der Waals surface area (Å²) in [6.45, 7) is 0. The Hall–Kier alpha value is -2.96. The van der Waals surface area contributed by atoms with Gasteiger partial charge in [0.2, 0.25) is 5.88 Å². The molecule has 3 N–H and O–H groups in total. The molecular formula is C14H12FN5O. The van der Waals surface area contributed by atoms with E-state index in [1.54, 1.807) is 18.3 Å². The molecule has 0 amide bonds. The van der Waals surface area contributed by atoms with E-state index in [-0.39, 0.29) is 11.6 Å². The van der Waals surface area contributed by atoms with E-state index < -0.39 is 0 Å². The highest BCUT2D eigenvalue weighted by atomic mass is 19.1. The number of rotatable bonds is 3. The van der Waals surface area contributed by atoms with Crippen molar-refractivity contribution in [2.45, 2.75) is 0 Å². The molecule has 0 aliphatic rings. The maximum Gasteiger partial charge on any atom is 0.229 e. The van der Waals surface area contributed by atoms with Crippen molar-refractivity contribution in [3.05, 3.63) is 42.6 Å². The molecule has 0 unspecified atom stereocenters. The van der Waals surface area contributed by atoms with Gasteiger partial charge in [-0.1, -0.05) is 0 Å². The number of benzene rings is 1. The van der Waals surface area contributed by atoms with Gasteiger partial charge in [-0.05, 0) is 29.8 Å². The number of hydrogen-bond acceptors (Lipinski definition) is 5. The second-order valence-corrected chi connectivity index (χ2v) is 4.30. The van der Waals surface area contributed by atoms with E-state index in [9.17, 15) is 4.39 Å². The molecule has 0 saturated heterocycles. The lowest BCUT2D eigenvalue weighted by Gasteiger charge is -2.06. The second kappa shape index (κ2) is 5.20. The van der Waals surface area contributed by atoms with Crippen LogP contribution >= 0.6 is 0 Å². The molecule has 1 aromatic carbocycles. The first-order chi connectivity index (χ1) is 10.2. The molecule has 0 aliphatic carbocycles. The predicted molar refractivity (Wildman–Crippen MR) is 76.0 cm³/mol. The smallest absolute Gasteiger partial charge is 0.229 e. The van der Waals surface area contributed by atoms with E-state index in [1.807, 2.05) is 0 Å². The van der Waals surface area contributed by atoms with Crippen LogP contribution in [0.25, 0.3) is 22.6 Å². The van der Waals surface area contributed by atoms with Crippen LogP contribution in [-0.4, -0.2) is 27.0 Å². The van der Waals surface area contributed by atoms with Gasteiger partial charge < -0.3 is 15.5 Å². The largest absolute Gasteiger partial charge is 0.480 e. The molecule has 21 heavy (non-hydrogen) atoms. The average molecular weight is 285 g/mol. The Morgan fingerprint density at radius 2 is 1.90 bits per heavy atom. The van der Waals surface area contributed by atoms with Crippen LogP contribution in [0, 0.1) is 5.82 Å². The first-order valence-corrected chi connectivity index (χ1v) is 6.15. The van der Waals surface area contributed by atoms with Crippen molar-refractivity contribution in [2.24, 2.45) is 0 Å². The highest BCUT2D eigenvalue weighted by Crippen LogP contribution is 2.31. The molecule has 106 valence electrons. The van der Waals surface area contributed by atoms with E-state index in [0.717, 1.165) is 11.3 Å². The van der Waals surface area contributed by atoms with Crippen molar-refractivity contribution in [3.8, 4) is 28.5 Å². The minimum absolute atomic E-state index is 0.266. The molecule has 0 bridgehead atoms. The van der Waals surface area contributed by atoms with Crippen LogP contribution in [-0.2, 0) is 0 Å². The van der Waals surface area contributed by atoms with Crippen LogP contribution in [0.15, 0.2) is 36.8 Å². The average Bonchev–Trinajstić information content (AvgIpc) is 2.97. The molecule has 0 atom stereocenters. The third-order valence-corrected chi connectivity index (χ3v) is 3.00. The zero-order valence-electron chi connectivity index (χ0n) is 11.2. The summed E-state index contributed by atoms with van der Waals surface area (Å²) in [6.07, 6.45) is 2.95. The minimum Gasteiger partial charge on any atom is -0.480 e. The lowest BCUT2D eigenvalue weighted by Crippen LogP contribution is -2.00. The summed E-state index contributed by atoms with van der Waals surface area (Å²) in [4.78, 5) is 15.3. The van der Waals surface area contributed by atoms with Crippen LogP contribution in [0.4, 0.5) is 10.2 Å². The van der Waals surface area contributed by atoms with Gasteiger partial charge in [0, 0.05) is 0 Å². The van der Waals surface area contributed by atoms with Crippen molar-refractivity contribution in [2.75, 3.05) is 12.8 Å². The summed E-state index contributed by atoms with van der Waals surface area (Å²) >= 11 is 0. The van der Waals surface area contributed by atoms with Gasteiger partial charge in [-0.15, -0.1) is 0 Å². The number of nitrogens with one attached hydrogen (secondary N) is 1. The van der Waals surface area contributed by atoms with Crippen LogP contribution in [0.1, 0.15) is 0 Å². The molecule has 6 nitrogen and oxygen atoms in total. The Labute approximate surface area is 119 Å². The number of aromatic amines is 1. The lowest BCUT2D eigenvalue weighted by molar-refractivity contribution is 0.398. The predicted octanol–water partition coefficient (Wildman–Crippen LogP) is 2.26. The molecule has 3 aromatic rings. The summed E-state index contributed by atoms with van der Waals surface area (Å²) in [6, 6.07) is 6.09. The van der Waals surface area contributed by atoms with Gasteiger partial charge in [-0.3, -0.25) is 0 Å². The number of imidazole rings is 1. The minimum atomic E-state index is -0.291. The summed E-state index contributed by atoms with van der Waals surface area (Å²) < 4.78 is 18.1. The Morgan fingerprint density at radius 3 is 2.62 bits per heavy atom. The number of methoxy groups -OCH3 is 1. The second-order valence-electron chi connectivity index (χ2n) is 4.30. The van der Waals surface area contributed by atoms with Gasteiger partial charge in [0.05, 0.1) is 19.0 Å². The fourth-order valence-electron chi connectivity index (χ4n) is 1.98. The van der Waals surface area contributed by atoms with Gasteiger partial charge in [0.1, 0.15) is 29.4 Å². The normalized spacial score (nSPS) is 10.6. The third kappa shape index (κ3) is 2.40. The molecule has 0 aliphatic heterocycles. The summed E-state index contributed by atoms with van der Waals surface area (Å²) in [7, 11) is 1.50. The SMILES string of the molecule is COc1ncnc(N)c1-c1ncc(-c2ccc(F)cc2)[nH]1. The topological polar surface area (TPSA) is 89.7 Å². The number of halogens is 1. The standard InChI is InChI=1S/C14H12FN5O/c1-21-14-11(12(16)18-7-19-14)13-17-6-10(20-13)8-2-4-9(15)5-3-8/h2-7H,1H3,(H,17,20)(H2,16,18,19). The van der Waals surface area contributed by atoms with E-state index in [4.69, 9.17) is 10.5 Å². The highest BCUT2D eigenvalue weighted by molar-refractivity contribution is 5.75. The van der Waals surface area contributed by atoms with E-state index in [1.165, 1.54) is 25.6 Å². The monoisotopic (exact) mass is 285 g/mol. The number of H-pyrrole nitrogens is 1. The number of aromatic nitrogens is 4. The molecule has 2 aromatic heterocycles. The van der Waals surface area contributed by atoms with Crippen LogP contribution < -0.4 is 10.5 Å².